The summed E-state index contributed by atoms with van der Waals surface area (Å²) < 4.78 is 5.08. The molecule has 9 heteroatoms. The van der Waals surface area contributed by atoms with Gasteiger partial charge in [0.15, 0.2) is 0 Å². The number of fused-ring (bicyclic) bond motifs is 1. The molecule has 0 aliphatic carbocycles. The maximum Gasteiger partial charge on any atom is 0.348 e. The molecule has 3 aromatic rings. The zero-order valence-electron chi connectivity index (χ0n) is 16.5. The van der Waals surface area contributed by atoms with Crippen LogP contribution >= 0.6 is 34.5 Å². The summed E-state index contributed by atoms with van der Waals surface area (Å²) in [5.74, 6) is 0.0863. The number of aromatic amines is 1. The van der Waals surface area contributed by atoms with E-state index in [0.717, 1.165) is 5.56 Å². The lowest BCUT2D eigenvalue weighted by atomic mass is 10.1. The molecule has 0 spiro atoms. The number of benzene rings is 1. The molecule has 0 aliphatic heterocycles. The second-order valence-electron chi connectivity index (χ2n) is 6.73. The standard InChI is InChI=1S/C20H21Cl2N3O3S/c1-5-28-20(27)16-10(2)15-18(26)23-17(24-19(15)29-16)11(3)25(4)9-12-6-7-13(21)8-14(12)22/h6-8,11H,5,9H2,1-4H3,(H,23,24,26)/t11-/m1/s1. The van der Waals surface area contributed by atoms with Crippen LogP contribution in [0.15, 0.2) is 23.0 Å². The number of hydrogen-bond donors (Lipinski definition) is 1. The van der Waals surface area contributed by atoms with Crippen LogP contribution in [0.3, 0.4) is 0 Å². The summed E-state index contributed by atoms with van der Waals surface area (Å²) >= 11 is 13.4. The first kappa shape index (κ1) is 21.8. The maximum atomic E-state index is 12.7. The Balaban J connectivity index is 1.92. The molecular weight excluding hydrogens is 433 g/mol. The van der Waals surface area contributed by atoms with E-state index < -0.39 is 5.97 Å². The van der Waals surface area contributed by atoms with Crippen molar-refractivity contribution in [1.82, 2.24) is 14.9 Å². The van der Waals surface area contributed by atoms with E-state index in [1.54, 1.807) is 26.0 Å². The Kier molecular flexibility index (Phi) is 6.63. The minimum atomic E-state index is -0.434. The van der Waals surface area contributed by atoms with Gasteiger partial charge in [0, 0.05) is 16.6 Å². The molecule has 0 saturated heterocycles. The van der Waals surface area contributed by atoms with Crippen molar-refractivity contribution in [2.75, 3.05) is 13.7 Å². The number of carbonyl (C=O) groups is 1. The summed E-state index contributed by atoms with van der Waals surface area (Å²) in [6, 6.07) is 5.18. The highest BCUT2D eigenvalue weighted by Crippen LogP contribution is 2.29. The number of ether oxygens (including phenoxy) is 1. The molecule has 0 bridgehead atoms. The highest BCUT2D eigenvalue weighted by atomic mass is 35.5. The Bertz CT molecular complexity index is 1130. The van der Waals surface area contributed by atoms with E-state index in [0.29, 0.717) is 43.1 Å². The van der Waals surface area contributed by atoms with Gasteiger partial charge < -0.3 is 9.72 Å². The lowest BCUT2D eigenvalue weighted by molar-refractivity contribution is 0.0531. The quantitative estimate of drug-likeness (QED) is 0.533. The fourth-order valence-electron chi connectivity index (χ4n) is 3.01. The van der Waals surface area contributed by atoms with Gasteiger partial charge >= 0.3 is 5.97 Å². The van der Waals surface area contributed by atoms with Gasteiger partial charge in [-0.25, -0.2) is 9.78 Å². The zero-order valence-corrected chi connectivity index (χ0v) is 18.8. The molecule has 0 radical (unpaired) electrons. The van der Waals surface area contributed by atoms with Crippen LogP contribution in [0.5, 0.6) is 0 Å². The minimum Gasteiger partial charge on any atom is -0.462 e. The molecule has 2 aromatic heterocycles. The van der Waals surface area contributed by atoms with E-state index in [-0.39, 0.29) is 18.2 Å². The molecule has 3 rings (SSSR count). The van der Waals surface area contributed by atoms with E-state index in [9.17, 15) is 9.59 Å². The van der Waals surface area contributed by atoms with Gasteiger partial charge in [0.1, 0.15) is 15.5 Å². The highest BCUT2D eigenvalue weighted by Gasteiger charge is 2.22. The monoisotopic (exact) mass is 453 g/mol. The SMILES string of the molecule is CCOC(=O)c1sc2nc([C@@H](C)N(C)Cc3ccc(Cl)cc3Cl)[nH]c(=O)c2c1C. The van der Waals surface area contributed by atoms with Gasteiger partial charge in [-0.3, -0.25) is 9.69 Å². The molecule has 0 amide bonds. The second-order valence-corrected chi connectivity index (χ2v) is 8.58. The number of H-pyrrole nitrogens is 1. The maximum absolute atomic E-state index is 12.7. The lowest BCUT2D eigenvalue weighted by Crippen LogP contribution is -2.26. The number of rotatable bonds is 6. The van der Waals surface area contributed by atoms with Gasteiger partial charge in [-0.2, -0.15) is 0 Å². The van der Waals surface area contributed by atoms with Crippen LogP contribution in [0.25, 0.3) is 10.2 Å². The molecule has 1 atom stereocenters. The zero-order chi connectivity index (χ0) is 21.3. The van der Waals surface area contributed by atoms with Gasteiger partial charge in [-0.1, -0.05) is 29.3 Å². The van der Waals surface area contributed by atoms with Crippen molar-refractivity contribution < 1.29 is 9.53 Å². The fourth-order valence-corrected chi connectivity index (χ4v) is 4.56. The van der Waals surface area contributed by atoms with Crippen molar-refractivity contribution >= 4 is 50.7 Å². The number of aryl methyl sites for hydroxylation is 1. The topological polar surface area (TPSA) is 75.3 Å². The number of esters is 1. The molecule has 6 nitrogen and oxygen atoms in total. The van der Waals surface area contributed by atoms with Crippen molar-refractivity contribution in [3.63, 3.8) is 0 Å². The number of carbonyl (C=O) groups excluding carboxylic acids is 1. The van der Waals surface area contributed by atoms with Crippen LogP contribution in [0, 0.1) is 6.92 Å². The van der Waals surface area contributed by atoms with Gasteiger partial charge in [0.05, 0.1) is 18.0 Å². The van der Waals surface area contributed by atoms with Crippen molar-refractivity contribution in [2.45, 2.75) is 33.4 Å². The number of halogens is 2. The van der Waals surface area contributed by atoms with Crippen LogP contribution in [-0.4, -0.2) is 34.5 Å². The molecule has 0 fully saturated rings. The largest absolute Gasteiger partial charge is 0.462 e. The van der Waals surface area contributed by atoms with E-state index >= 15 is 0 Å². The lowest BCUT2D eigenvalue weighted by Gasteiger charge is -2.24. The summed E-state index contributed by atoms with van der Waals surface area (Å²) in [6.07, 6.45) is 0. The predicted octanol–water partition coefficient (Wildman–Crippen LogP) is 4.97. The summed E-state index contributed by atoms with van der Waals surface area (Å²) in [6.45, 7) is 6.25. The third-order valence-corrected chi connectivity index (χ3v) is 6.52. The van der Waals surface area contributed by atoms with Crippen LogP contribution in [0.1, 0.15) is 46.5 Å². The van der Waals surface area contributed by atoms with E-state index in [4.69, 9.17) is 27.9 Å². The summed E-state index contributed by atoms with van der Waals surface area (Å²) in [7, 11) is 1.92. The summed E-state index contributed by atoms with van der Waals surface area (Å²) in [4.78, 5) is 35.3. The molecular formula is C20H21Cl2N3O3S. The molecule has 29 heavy (non-hydrogen) atoms. The second kappa shape index (κ2) is 8.83. The Morgan fingerprint density at radius 1 is 1.38 bits per heavy atom. The molecule has 0 unspecified atom stereocenters. The molecule has 2 heterocycles. The van der Waals surface area contributed by atoms with E-state index in [2.05, 4.69) is 9.97 Å². The Morgan fingerprint density at radius 2 is 2.10 bits per heavy atom. The first-order valence-electron chi connectivity index (χ1n) is 9.07. The minimum absolute atomic E-state index is 0.188. The fraction of sp³-hybridized carbons (Fsp3) is 0.350. The van der Waals surface area contributed by atoms with Crippen LogP contribution in [0.2, 0.25) is 10.0 Å². The number of aromatic nitrogens is 2. The Labute approximate surface area is 182 Å². The first-order valence-corrected chi connectivity index (χ1v) is 10.6. The first-order chi connectivity index (χ1) is 13.7. The Hall–Kier alpha value is -1.93. The van der Waals surface area contributed by atoms with Crippen LogP contribution < -0.4 is 5.56 Å². The average Bonchev–Trinajstić information content (AvgIpc) is 3.00. The third-order valence-electron chi connectivity index (χ3n) is 4.77. The molecule has 154 valence electrons. The van der Waals surface area contributed by atoms with Crippen molar-refractivity contribution in [2.24, 2.45) is 0 Å². The van der Waals surface area contributed by atoms with Gasteiger partial charge in [0.25, 0.3) is 5.56 Å². The van der Waals surface area contributed by atoms with E-state index in [1.165, 1.54) is 11.3 Å². The van der Waals surface area contributed by atoms with Crippen molar-refractivity contribution in [3.05, 3.63) is 60.4 Å². The molecule has 0 aliphatic rings. The predicted molar refractivity (Wildman–Crippen MR) is 117 cm³/mol. The number of nitrogens with one attached hydrogen (secondary N) is 1. The van der Waals surface area contributed by atoms with Crippen LogP contribution in [-0.2, 0) is 11.3 Å². The Morgan fingerprint density at radius 3 is 2.76 bits per heavy atom. The highest BCUT2D eigenvalue weighted by molar-refractivity contribution is 7.20. The number of hydrogen-bond acceptors (Lipinski definition) is 6. The van der Waals surface area contributed by atoms with Gasteiger partial charge in [-0.15, -0.1) is 11.3 Å². The molecule has 0 saturated carbocycles. The normalized spacial score (nSPS) is 12.5. The third kappa shape index (κ3) is 4.48. The molecule has 1 aromatic carbocycles. The van der Waals surface area contributed by atoms with Crippen molar-refractivity contribution in [3.8, 4) is 0 Å². The van der Waals surface area contributed by atoms with Crippen molar-refractivity contribution in [1.29, 1.82) is 0 Å². The summed E-state index contributed by atoms with van der Waals surface area (Å²) in [5.41, 5.74) is 1.25. The average molecular weight is 454 g/mol. The van der Waals surface area contributed by atoms with E-state index in [1.807, 2.05) is 24.9 Å². The smallest absolute Gasteiger partial charge is 0.348 e. The number of nitrogens with zero attached hydrogens (tertiary/aromatic N) is 2. The van der Waals surface area contributed by atoms with Crippen LogP contribution in [0.4, 0.5) is 0 Å². The van der Waals surface area contributed by atoms with Gasteiger partial charge in [-0.05, 0) is 51.1 Å². The molecule has 1 N–H and O–H groups in total. The summed E-state index contributed by atoms with van der Waals surface area (Å²) in [5, 5.41) is 1.59. The van der Waals surface area contributed by atoms with Gasteiger partial charge in [0.2, 0.25) is 0 Å². The number of thiophene rings is 1.